The van der Waals surface area contributed by atoms with E-state index < -0.39 is 17.5 Å². The van der Waals surface area contributed by atoms with Gasteiger partial charge in [-0.05, 0) is 38.0 Å². The number of rotatable bonds is 2. The van der Waals surface area contributed by atoms with Gasteiger partial charge < -0.3 is 4.90 Å². The van der Waals surface area contributed by atoms with Gasteiger partial charge in [0.1, 0.15) is 6.33 Å². The van der Waals surface area contributed by atoms with E-state index in [1.54, 1.807) is 9.42 Å². The van der Waals surface area contributed by atoms with Gasteiger partial charge in [-0.3, -0.25) is 4.79 Å². The van der Waals surface area contributed by atoms with Crippen molar-refractivity contribution in [1.82, 2.24) is 24.5 Å². The lowest BCUT2D eigenvalue weighted by atomic mass is 9.93. The number of carbonyl (C=O) groups is 1. The quantitative estimate of drug-likeness (QED) is 0.707. The number of likely N-dealkylation sites (tertiary alicyclic amines) is 1. The molecule has 0 N–H and O–H groups in total. The summed E-state index contributed by atoms with van der Waals surface area (Å²) >= 11 is 0. The van der Waals surface area contributed by atoms with Gasteiger partial charge in [-0.1, -0.05) is 6.07 Å². The number of fused-ring (bicyclic) bond motifs is 1. The summed E-state index contributed by atoms with van der Waals surface area (Å²) in [5.41, 5.74) is 1.50. The normalized spacial score (nSPS) is 17.7. The molecular weight excluding hydrogens is 340 g/mol. The molecular formula is C18H17F2N5O. The van der Waals surface area contributed by atoms with E-state index in [4.69, 9.17) is 0 Å². The molecule has 1 atom stereocenters. The van der Waals surface area contributed by atoms with Gasteiger partial charge in [0.2, 0.25) is 0 Å². The van der Waals surface area contributed by atoms with E-state index in [2.05, 4.69) is 15.1 Å². The minimum Gasteiger partial charge on any atom is -0.338 e. The zero-order valence-corrected chi connectivity index (χ0v) is 14.2. The zero-order chi connectivity index (χ0) is 18.3. The van der Waals surface area contributed by atoms with Crippen molar-refractivity contribution in [3.05, 3.63) is 59.2 Å². The summed E-state index contributed by atoms with van der Waals surface area (Å²) in [5, 5.41) is 4.22. The molecule has 1 amide bonds. The maximum absolute atomic E-state index is 14.0. The van der Waals surface area contributed by atoms with Crippen LogP contribution in [0.4, 0.5) is 8.78 Å². The average Bonchev–Trinajstić information content (AvgIpc) is 3.11. The SMILES string of the molecule is Cc1cc(C2CCCN(C(=O)c3cccc(F)c3F)C2)n2ncnc2n1. The minimum absolute atomic E-state index is 0.0234. The van der Waals surface area contributed by atoms with Crippen molar-refractivity contribution in [3.63, 3.8) is 0 Å². The van der Waals surface area contributed by atoms with Crippen LogP contribution >= 0.6 is 0 Å². The number of nitrogens with zero attached hydrogens (tertiary/aromatic N) is 5. The van der Waals surface area contributed by atoms with Crippen molar-refractivity contribution in [2.45, 2.75) is 25.7 Å². The predicted molar refractivity (Wildman–Crippen MR) is 89.8 cm³/mol. The van der Waals surface area contributed by atoms with E-state index in [1.165, 1.54) is 18.5 Å². The van der Waals surface area contributed by atoms with Gasteiger partial charge in [-0.2, -0.15) is 10.1 Å². The van der Waals surface area contributed by atoms with Crippen LogP contribution in [0.5, 0.6) is 0 Å². The van der Waals surface area contributed by atoms with E-state index >= 15 is 0 Å². The Morgan fingerprint density at radius 2 is 2.15 bits per heavy atom. The first kappa shape index (κ1) is 16.6. The monoisotopic (exact) mass is 357 g/mol. The lowest BCUT2D eigenvalue weighted by molar-refractivity contribution is 0.0699. The van der Waals surface area contributed by atoms with Crippen molar-refractivity contribution in [2.24, 2.45) is 0 Å². The molecule has 0 aliphatic carbocycles. The summed E-state index contributed by atoms with van der Waals surface area (Å²) in [7, 11) is 0. The fraction of sp³-hybridized carbons (Fsp3) is 0.333. The third-order valence-corrected chi connectivity index (χ3v) is 4.72. The van der Waals surface area contributed by atoms with Crippen molar-refractivity contribution < 1.29 is 13.6 Å². The smallest absolute Gasteiger partial charge is 0.256 e. The molecule has 1 unspecified atom stereocenters. The third-order valence-electron chi connectivity index (χ3n) is 4.72. The van der Waals surface area contributed by atoms with Gasteiger partial charge >= 0.3 is 0 Å². The molecule has 8 heteroatoms. The van der Waals surface area contributed by atoms with Gasteiger partial charge in [-0.15, -0.1) is 0 Å². The molecule has 1 fully saturated rings. The maximum Gasteiger partial charge on any atom is 0.256 e. The second-order valence-electron chi connectivity index (χ2n) is 6.49. The van der Waals surface area contributed by atoms with E-state index in [9.17, 15) is 13.6 Å². The van der Waals surface area contributed by atoms with Crippen LogP contribution in [0.15, 0.2) is 30.6 Å². The van der Waals surface area contributed by atoms with Crippen molar-refractivity contribution in [3.8, 4) is 0 Å². The highest BCUT2D eigenvalue weighted by atomic mass is 19.2. The lowest BCUT2D eigenvalue weighted by Crippen LogP contribution is -2.40. The Bertz CT molecular complexity index is 987. The molecule has 1 saturated heterocycles. The lowest BCUT2D eigenvalue weighted by Gasteiger charge is -2.33. The first-order chi connectivity index (χ1) is 12.5. The maximum atomic E-state index is 14.0. The minimum atomic E-state index is -1.10. The number of hydrogen-bond donors (Lipinski definition) is 0. The van der Waals surface area contributed by atoms with E-state index in [0.29, 0.717) is 18.9 Å². The largest absolute Gasteiger partial charge is 0.338 e. The number of aromatic nitrogens is 4. The summed E-state index contributed by atoms with van der Waals surface area (Å²) in [4.78, 5) is 22.7. The number of amides is 1. The number of hydrogen-bond acceptors (Lipinski definition) is 4. The highest BCUT2D eigenvalue weighted by molar-refractivity contribution is 5.94. The Hall–Kier alpha value is -2.90. The summed E-state index contributed by atoms with van der Waals surface area (Å²) in [6.07, 6.45) is 3.08. The molecule has 1 aromatic carbocycles. The van der Waals surface area contributed by atoms with Gasteiger partial charge in [0.25, 0.3) is 11.7 Å². The molecule has 26 heavy (non-hydrogen) atoms. The number of aryl methyl sites for hydroxylation is 1. The first-order valence-corrected chi connectivity index (χ1v) is 8.45. The topological polar surface area (TPSA) is 63.4 Å². The van der Waals surface area contributed by atoms with Crippen LogP contribution in [-0.4, -0.2) is 43.5 Å². The van der Waals surface area contributed by atoms with Crippen LogP contribution in [0, 0.1) is 18.6 Å². The molecule has 3 aromatic rings. The zero-order valence-electron chi connectivity index (χ0n) is 14.2. The molecule has 3 heterocycles. The van der Waals surface area contributed by atoms with Gasteiger partial charge in [-0.25, -0.2) is 18.3 Å². The summed E-state index contributed by atoms with van der Waals surface area (Å²) in [5.74, 6) is -2.07. The predicted octanol–water partition coefficient (Wildman–Crippen LogP) is 2.73. The van der Waals surface area contributed by atoms with Gasteiger partial charge in [0.05, 0.1) is 11.3 Å². The van der Waals surface area contributed by atoms with Crippen molar-refractivity contribution >= 4 is 11.7 Å². The Morgan fingerprint density at radius 3 is 3.00 bits per heavy atom. The Labute approximate surface area is 148 Å². The summed E-state index contributed by atoms with van der Waals surface area (Å²) < 4.78 is 29.1. The van der Waals surface area contributed by atoms with Crippen molar-refractivity contribution in [1.29, 1.82) is 0 Å². The molecule has 4 rings (SSSR count). The number of carbonyl (C=O) groups excluding carboxylic acids is 1. The second-order valence-corrected chi connectivity index (χ2v) is 6.49. The fourth-order valence-electron chi connectivity index (χ4n) is 3.49. The van der Waals surface area contributed by atoms with Crippen LogP contribution in [0.2, 0.25) is 0 Å². The van der Waals surface area contributed by atoms with Crippen LogP contribution < -0.4 is 0 Å². The molecule has 0 saturated carbocycles. The molecule has 6 nitrogen and oxygen atoms in total. The highest BCUT2D eigenvalue weighted by Crippen LogP contribution is 2.28. The Morgan fingerprint density at radius 1 is 1.31 bits per heavy atom. The van der Waals surface area contributed by atoms with E-state index in [1.807, 2.05) is 13.0 Å². The Kier molecular flexibility index (Phi) is 4.10. The van der Waals surface area contributed by atoms with Crippen molar-refractivity contribution in [2.75, 3.05) is 13.1 Å². The number of halogens is 2. The number of benzene rings is 1. The summed E-state index contributed by atoms with van der Waals surface area (Å²) in [6, 6.07) is 5.60. The molecule has 0 bridgehead atoms. The third kappa shape index (κ3) is 2.81. The number of piperidine rings is 1. The van der Waals surface area contributed by atoms with Gasteiger partial charge in [0, 0.05) is 24.7 Å². The molecule has 2 aromatic heterocycles. The van der Waals surface area contributed by atoms with E-state index in [0.717, 1.165) is 30.3 Å². The molecule has 0 spiro atoms. The molecule has 0 radical (unpaired) electrons. The molecule has 1 aliphatic rings. The van der Waals surface area contributed by atoms with Crippen LogP contribution in [0.1, 0.15) is 40.5 Å². The van der Waals surface area contributed by atoms with E-state index in [-0.39, 0.29) is 11.5 Å². The first-order valence-electron chi connectivity index (χ1n) is 8.45. The fourth-order valence-corrected chi connectivity index (χ4v) is 3.49. The highest BCUT2D eigenvalue weighted by Gasteiger charge is 2.29. The molecule has 1 aliphatic heterocycles. The summed E-state index contributed by atoms with van der Waals surface area (Å²) in [6.45, 7) is 2.80. The van der Waals surface area contributed by atoms with Gasteiger partial charge in [0.15, 0.2) is 11.6 Å². The van der Waals surface area contributed by atoms with Crippen LogP contribution in [-0.2, 0) is 0 Å². The average molecular weight is 357 g/mol. The second kappa shape index (κ2) is 6.44. The van der Waals surface area contributed by atoms with Crippen LogP contribution in [0.25, 0.3) is 5.78 Å². The standard InChI is InChI=1S/C18H17F2N5O/c1-11-8-15(25-18(23-11)21-10-22-25)12-4-3-7-24(9-12)17(26)13-5-2-6-14(19)16(13)20/h2,5-6,8,10,12H,3-4,7,9H2,1H3. The Balaban J connectivity index is 1.64. The molecule has 134 valence electrons. The van der Waals surface area contributed by atoms with Crippen LogP contribution in [0.3, 0.4) is 0 Å².